The zero-order valence-corrected chi connectivity index (χ0v) is 13.0. The molecule has 0 amide bonds. The van der Waals surface area contributed by atoms with E-state index in [1.807, 2.05) is 13.0 Å². The maximum absolute atomic E-state index is 12.3. The lowest BCUT2D eigenvalue weighted by atomic mass is 10.1. The summed E-state index contributed by atoms with van der Waals surface area (Å²) in [5, 5.41) is 10.5. The van der Waals surface area contributed by atoms with Crippen molar-refractivity contribution >= 4 is 16.9 Å². The number of hydrogen-bond acceptors (Lipinski definition) is 4. The topological polar surface area (TPSA) is 60.7 Å². The highest BCUT2D eigenvalue weighted by Crippen LogP contribution is 2.31. The molecule has 1 atom stereocenters. The van der Waals surface area contributed by atoms with Gasteiger partial charge in [0, 0.05) is 29.7 Å². The van der Waals surface area contributed by atoms with E-state index in [4.69, 9.17) is 9.47 Å². The van der Waals surface area contributed by atoms with Crippen LogP contribution in [0.3, 0.4) is 0 Å². The third-order valence-electron chi connectivity index (χ3n) is 4.20. The molecule has 1 N–H and O–H groups in total. The first-order chi connectivity index (χ1) is 10.6. The van der Waals surface area contributed by atoms with Crippen molar-refractivity contribution in [2.45, 2.75) is 39.3 Å². The molecule has 0 saturated carbocycles. The molecular weight excluding hydrogens is 282 g/mol. The molecule has 22 heavy (non-hydrogen) atoms. The highest BCUT2D eigenvalue weighted by atomic mass is 16.5. The van der Waals surface area contributed by atoms with Gasteiger partial charge in [-0.25, -0.2) is 4.79 Å². The Morgan fingerprint density at radius 3 is 3.00 bits per heavy atom. The van der Waals surface area contributed by atoms with Gasteiger partial charge in [0.25, 0.3) is 0 Å². The van der Waals surface area contributed by atoms with Crippen LogP contribution in [0.4, 0.5) is 0 Å². The minimum absolute atomic E-state index is 0.146. The van der Waals surface area contributed by atoms with Crippen molar-refractivity contribution in [3.63, 3.8) is 0 Å². The molecule has 5 nitrogen and oxygen atoms in total. The Morgan fingerprint density at radius 1 is 1.50 bits per heavy atom. The number of fused-ring (bicyclic) bond motifs is 1. The number of phenols is 1. The number of nitrogens with zero attached hydrogens (tertiary/aromatic N) is 1. The van der Waals surface area contributed by atoms with Gasteiger partial charge in [0.15, 0.2) is 0 Å². The van der Waals surface area contributed by atoms with Crippen LogP contribution in [0.2, 0.25) is 0 Å². The lowest BCUT2D eigenvalue weighted by molar-refractivity contribution is 0.0526. The van der Waals surface area contributed by atoms with Gasteiger partial charge in [-0.2, -0.15) is 0 Å². The fourth-order valence-electron chi connectivity index (χ4n) is 3.16. The van der Waals surface area contributed by atoms with Crippen LogP contribution in [0.15, 0.2) is 18.2 Å². The summed E-state index contributed by atoms with van der Waals surface area (Å²) in [7, 11) is 0. The molecule has 1 aromatic heterocycles. The van der Waals surface area contributed by atoms with Gasteiger partial charge in [0.2, 0.25) is 0 Å². The molecule has 0 aliphatic carbocycles. The zero-order chi connectivity index (χ0) is 15.7. The second-order valence-electron chi connectivity index (χ2n) is 5.63. The summed E-state index contributed by atoms with van der Waals surface area (Å²) >= 11 is 0. The largest absolute Gasteiger partial charge is 0.508 e. The summed E-state index contributed by atoms with van der Waals surface area (Å²) < 4.78 is 13.0. The van der Waals surface area contributed by atoms with Crippen molar-refractivity contribution in [1.29, 1.82) is 0 Å². The number of ether oxygens (including phenoxy) is 2. The summed E-state index contributed by atoms with van der Waals surface area (Å²) in [6.45, 7) is 5.55. The molecular formula is C17H21NO4. The molecule has 2 aromatic rings. The van der Waals surface area contributed by atoms with E-state index in [0.29, 0.717) is 18.7 Å². The fourth-order valence-corrected chi connectivity index (χ4v) is 3.16. The van der Waals surface area contributed by atoms with Gasteiger partial charge in [-0.05, 0) is 44.9 Å². The van der Waals surface area contributed by atoms with E-state index in [9.17, 15) is 9.90 Å². The van der Waals surface area contributed by atoms with Crippen molar-refractivity contribution in [3.05, 3.63) is 29.5 Å². The first kappa shape index (κ1) is 14.9. The van der Waals surface area contributed by atoms with Crippen LogP contribution in [0.1, 0.15) is 35.8 Å². The normalized spacial score (nSPS) is 18.0. The van der Waals surface area contributed by atoms with Gasteiger partial charge < -0.3 is 19.1 Å². The summed E-state index contributed by atoms with van der Waals surface area (Å²) in [5.41, 5.74) is 2.31. The number of phenolic OH excluding ortho intramolecular Hbond substituents is 1. The van der Waals surface area contributed by atoms with Crippen LogP contribution >= 0.6 is 0 Å². The van der Waals surface area contributed by atoms with E-state index >= 15 is 0 Å². The number of aromatic hydroxyl groups is 1. The fraction of sp³-hybridized carbons (Fsp3) is 0.471. The second-order valence-corrected chi connectivity index (χ2v) is 5.63. The van der Waals surface area contributed by atoms with Crippen molar-refractivity contribution in [3.8, 4) is 5.75 Å². The van der Waals surface area contributed by atoms with Gasteiger partial charge in [0.1, 0.15) is 5.75 Å². The number of benzene rings is 1. The smallest absolute Gasteiger partial charge is 0.340 e. The predicted octanol–water partition coefficient (Wildman–Crippen LogP) is 3.01. The summed E-state index contributed by atoms with van der Waals surface area (Å²) in [5.74, 6) is -0.200. The van der Waals surface area contributed by atoms with Gasteiger partial charge in [-0.1, -0.05) is 0 Å². The molecule has 1 aliphatic rings. The van der Waals surface area contributed by atoms with Crippen molar-refractivity contribution < 1.29 is 19.4 Å². The highest BCUT2D eigenvalue weighted by molar-refractivity contribution is 6.06. The number of carbonyl (C=O) groups is 1. The molecule has 0 bridgehead atoms. The SMILES string of the molecule is CCOC(=O)c1c(C)n(CC2CCCO2)c2ccc(O)cc12. The molecule has 1 fully saturated rings. The van der Waals surface area contributed by atoms with E-state index in [2.05, 4.69) is 4.57 Å². The first-order valence-electron chi connectivity index (χ1n) is 7.72. The quantitative estimate of drug-likeness (QED) is 0.882. The van der Waals surface area contributed by atoms with Crippen LogP contribution in [0, 0.1) is 6.92 Å². The van der Waals surface area contributed by atoms with E-state index < -0.39 is 0 Å². The van der Waals surface area contributed by atoms with Crippen LogP contribution in [-0.2, 0) is 16.0 Å². The zero-order valence-electron chi connectivity index (χ0n) is 13.0. The number of aromatic nitrogens is 1. The maximum atomic E-state index is 12.3. The Balaban J connectivity index is 2.10. The van der Waals surface area contributed by atoms with Gasteiger partial charge in [-0.3, -0.25) is 0 Å². The third-order valence-corrected chi connectivity index (χ3v) is 4.20. The highest BCUT2D eigenvalue weighted by Gasteiger charge is 2.24. The van der Waals surface area contributed by atoms with Crippen molar-refractivity contribution in [1.82, 2.24) is 4.57 Å². The number of esters is 1. The summed E-state index contributed by atoms with van der Waals surface area (Å²) in [6, 6.07) is 5.11. The molecule has 1 saturated heterocycles. The minimum atomic E-state index is -0.346. The van der Waals surface area contributed by atoms with E-state index in [0.717, 1.165) is 36.0 Å². The van der Waals surface area contributed by atoms with E-state index in [-0.39, 0.29) is 17.8 Å². The van der Waals surface area contributed by atoms with Crippen LogP contribution in [0.5, 0.6) is 5.75 Å². The first-order valence-corrected chi connectivity index (χ1v) is 7.72. The predicted molar refractivity (Wildman–Crippen MR) is 83.3 cm³/mol. The Hall–Kier alpha value is -2.01. The summed E-state index contributed by atoms with van der Waals surface area (Å²) in [4.78, 5) is 12.3. The number of carbonyl (C=O) groups excluding carboxylic acids is 1. The molecule has 1 unspecified atom stereocenters. The lowest BCUT2D eigenvalue weighted by Gasteiger charge is -2.14. The Kier molecular flexibility index (Phi) is 4.07. The Labute approximate surface area is 129 Å². The van der Waals surface area contributed by atoms with E-state index in [1.54, 1.807) is 19.1 Å². The molecule has 118 valence electrons. The molecule has 1 aromatic carbocycles. The third kappa shape index (κ3) is 2.57. The second kappa shape index (κ2) is 6.01. The maximum Gasteiger partial charge on any atom is 0.340 e. The minimum Gasteiger partial charge on any atom is -0.508 e. The van der Waals surface area contributed by atoms with Crippen LogP contribution < -0.4 is 0 Å². The lowest BCUT2D eigenvalue weighted by Crippen LogP contribution is -2.16. The summed E-state index contributed by atoms with van der Waals surface area (Å²) in [6.07, 6.45) is 2.29. The molecule has 1 aliphatic heterocycles. The van der Waals surface area contributed by atoms with Gasteiger partial charge in [-0.15, -0.1) is 0 Å². The van der Waals surface area contributed by atoms with Gasteiger partial charge in [0.05, 0.1) is 18.3 Å². The van der Waals surface area contributed by atoms with Crippen LogP contribution in [0.25, 0.3) is 10.9 Å². The molecule has 0 radical (unpaired) electrons. The molecule has 5 heteroatoms. The van der Waals surface area contributed by atoms with Crippen molar-refractivity contribution in [2.24, 2.45) is 0 Å². The molecule has 2 heterocycles. The Bertz CT molecular complexity index is 698. The average Bonchev–Trinajstić information content (AvgIpc) is 3.07. The van der Waals surface area contributed by atoms with Crippen LogP contribution in [-0.4, -0.2) is 35.0 Å². The number of hydrogen-bond donors (Lipinski definition) is 1. The molecule has 3 rings (SSSR count). The Morgan fingerprint density at radius 2 is 2.32 bits per heavy atom. The molecule has 0 spiro atoms. The monoisotopic (exact) mass is 303 g/mol. The van der Waals surface area contributed by atoms with E-state index in [1.165, 1.54) is 0 Å². The average molecular weight is 303 g/mol. The van der Waals surface area contributed by atoms with Crippen molar-refractivity contribution in [2.75, 3.05) is 13.2 Å². The van der Waals surface area contributed by atoms with Gasteiger partial charge >= 0.3 is 5.97 Å². The standard InChI is InChI=1S/C17H21NO4/c1-3-21-17(20)16-11(2)18(10-13-5-4-8-22-13)15-7-6-12(19)9-14(15)16/h6-7,9,13,19H,3-5,8,10H2,1-2H3. The number of rotatable bonds is 4.